The minimum atomic E-state index is -0.791. The van der Waals surface area contributed by atoms with Crippen molar-refractivity contribution in [2.45, 2.75) is 271 Å². The number of ether oxygens (including phenoxy) is 3. The van der Waals surface area contributed by atoms with Crippen molar-refractivity contribution in [3.8, 4) is 0 Å². The Morgan fingerprint density at radius 2 is 0.587 bits per heavy atom. The maximum atomic E-state index is 12.8. The number of hydrogen-bond acceptors (Lipinski definition) is 6. The third-order valence-electron chi connectivity index (χ3n) is 11.6. The van der Waals surface area contributed by atoms with Gasteiger partial charge < -0.3 is 14.2 Å². The van der Waals surface area contributed by atoms with Crippen LogP contribution in [0.3, 0.4) is 0 Å². The van der Waals surface area contributed by atoms with Gasteiger partial charge in [0.05, 0.1) is 0 Å². The van der Waals surface area contributed by atoms with Gasteiger partial charge in [0, 0.05) is 19.3 Å². The van der Waals surface area contributed by atoms with Gasteiger partial charge >= 0.3 is 17.9 Å². The van der Waals surface area contributed by atoms with Gasteiger partial charge in [-0.25, -0.2) is 0 Å². The lowest BCUT2D eigenvalue weighted by atomic mass is 10.0. The van der Waals surface area contributed by atoms with Gasteiger partial charge in [0.2, 0.25) is 0 Å². The highest BCUT2D eigenvalue weighted by atomic mass is 16.6. The molecule has 0 fully saturated rings. The normalized spacial score (nSPS) is 12.5. The number of allylic oxidation sites excluding steroid dienone is 10. The summed E-state index contributed by atoms with van der Waals surface area (Å²) in [6, 6.07) is 0. The zero-order valence-corrected chi connectivity index (χ0v) is 41.6. The summed E-state index contributed by atoms with van der Waals surface area (Å²) in [5.41, 5.74) is 0. The monoisotopic (exact) mass is 881 g/mol. The SMILES string of the molecule is CCCC/C=C\C=C/CCCCCC(=O)OCC(COC(=O)CCCCCCC\C=C/C=C\C=C/CCCCCCC)OC(=O)CCCCCCCCCCCCCCCCCC. The van der Waals surface area contributed by atoms with Gasteiger partial charge in [-0.3, -0.25) is 14.4 Å². The molecule has 0 heterocycles. The summed E-state index contributed by atoms with van der Waals surface area (Å²) in [7, 11) is 0. The van der Waals surface area contributed by atoms with Crippen LogP contribution in [0.5, 0.6) is 0 Å². The molecule has 0 rings (SSSR count). The van der Waals surface area contributed by atoms with Gasteiger partial charge in [0.15, 0.2) is 6.10 Å². The van der Waals surface area contributed by atoms with Crippen LogP contribution in [0, 0.1) is 0 Å². The molecule has 0 aromatic heterocycles. The molecule has 63 heavy (non-hydrogen) atoms. The first-order valence-corrected chi connectivity index (χ1v) is 26.8. The fraction of sp³-hybridized carbons (Fsp3) is 0.772. The van der Waals surface area contributed by atoms with Crippen molar-refractivity contribution < 1.29 is 28.6 Å². The quantitative estimate of drug-likeness (QED) is 0.0262. The molecule has 0 aromatic rings. The van der Waals surface area contributed by atoms with Crippen molar-refractivity contribution in [2.24, 2.45) is 0 Å². The van der Waals surface area contributed by atoms with Crippen LogP contribution in [-0.4, -0.2) is 37.2 Å². The molecule has 0 saturated heterocycles. The van der Waals surface area contributed by atoms with E-state index >= 15 is 0 Å². The summed E-state index contributed by atoms with van der Waals surface area (Å²) in [4.78, 5) is 38.0. The average molecular weight is 881 g/mol. The van der Waals surface area contributed by atoms with E-state index < -0.39 is 6.10 Å². The predicted octanol–water partition coefficient (Wildman–Crippen LogP) is 17.6. The van der Waals surface area contributed by atoms with Crippen LogP contribution < -0.4 is 0 Å². The largest absolute Gasteiger partial charge is 0.462 e. The molecule has 0 N–H and O–H groups in total. The first-order chi connectivity index (χ1) is 31.0. The van der Waals surface area contributed by atoms with Crippen molar-refractivity contribution in [3.63, 3.8) is 0 Å². The fourth-order valence-electron chi connectivity index (χ4n) is 7.48. The number of esters is 3. The van der Waals surface area contributed by atoms with Crippen LogP contribution in [0.25, 0.3) is 0 Å². The van der Waals surface area contributed by atoms with Crippen LogP contribution in [0.2, 0.25) is 0 Å². The molecule has 0 spiro atoms. The van der Waals surface area contributed by atoms with Gasteiger partial charge in [-0.1, -0.05) is 242 Å². The number of carbonyl (C=O) groups is 3. The second-order valence-electron chi connectivity index (χ2n) is 17.9. The maximum Gasteiger partial charge on any atom is 0.306 e. The molecule has 0 aliphatic rings. The van der Waals surface area contributed by atoms with E-state index in [0.717, 1.165) is 89.9 Å². The van der Waals surface area contributed by atoms with Gasteiger partial charge in [-0.2, -0.15) is 0 Å². The third-order valence-corrected chi connectivity index (χ3v) is 11.6. The highest BCUT2D eigenvalue weighted by Crippen LogP contribution is 2.15. The summed E-state index contributed by atoms with van der Waals surface area (Å²) in [5, 5.41) is 0. The van der Waals surface area contributed by atoms with E-state index in [1.807, 2.05) is 0 Å². The van der Waals surface area contributed by atoms with Crippen molar-refractivity contribution in [1.29, 1.82) is 0 Å². The number of carbonyl (C=O) groups excluding carboxylic acids is 3. The molecule has 6 nitrogen and oxygen atoms in total. The lowest BCUT2D eigenvalue weighted by molar-refractivity contribution is -0.167. The zero-order valence-electron chi connectivity index (χ0n) is 41.6. The van der Waals surface area contributed by atoms with Crippen molar-refractivity contribution in [1.82, 2.24) is 0 Å². The minimum absolute atomic E-state index is 0.0916. The lowest BCUT2D eigenvalue weighted by Crippen LogP contribution is -2.30. The molecule has 0 aliphatic carbocycles. The maximum absolute atomic E-state index is 12.8. The van der Waals surface area contributed by atoms with Gasteiger partial charge in [0.25, 0.3) is 0 Å². The standard InChI is InChI=1S/C57H100O6/c1-4-7-10-13-16-19-22-24-26-28-29-31-32-35-38-41-44-47-50-56(59)62-53-54(52-61-55(58)49-46-43-40-37-34-21-18-15-12-9-6-3)63-57(60)51-48-45-42-39-36-33-30-27-25-23-20-17-14-11-8-5-2/h15,18,21-22,24,26,28-29,31,34,54H,4-14,16-17,19-20,23,25,27,30,32-33,35-53H2,1-3H3/b18-15-,24-22-,28-26-,31-29-,34-21-. The Morgan fingerprint density at radius 1 is 0.317 bits per heavy atom. The molecule has 0 aliphatic heterocycles. The van der Waals surface area contributed by atoms with Crippen LogP contribution in [0.1, 0.15) is 265 Å². The Labute approximate surface area is 390 Å². The molecule has 0 radical (unpaired) electrons. The topological polar surface area (TPSA) is 78.9 Å². The predicted molar refractivity (Wildman–Crippen MR) is 270 cm³/mol. The summed E-state index contributed by atoms with van der Waals surface area (Å²) in [5.74, 6) is -0.930. The van der Waals surface area contributed by atoms with Crippen molar-refractivity contribution in [3.05, 3.63) is 60.8 Å². The first-order valence-electron chi connectivity index (χ1n) is 26.8. The second kappa shape index (κ2) is 51.7. The first kappa shape index (κ1) is 60.1. The van der Waals surface area contributed by atoms with Crippen LogP contribution >= 0.6 is 0 Å². The molecular weight excluding hydrogens is 781 g/mol. The molecule has 0 saturated carbocycles. The van der Waals surface area contributed by atoms with E-state index in [-0.39, 0.29) is 31.1 Å². The zero-order chi connectivity index (χ0) is 45.8. The molecule has 1 unspecified atom stereocenters. The Hall–Kier alpha value is -2.89. The highest BCUT2D eigenvalue weighted by molar-refractivity contribution is 5.71. The Bertz CT molecular complexity index is 1150. The smallest absolute Gasteiger partial charge is 0.306 e. The van der Waals surface area contributed by atoms with E-state index in [9.17, 15) is 14.4 Å². The molecule has 364 valence electrons. The molecule has 0 aromatic carbocycles. The lowest BCUT2D eigenvalue weighted by Gasteiger charge is -2.18. The van der Waals surface area contributed by atoms with Crippen LogP contribution in [0.15, 0.2) is 60.8 Å². The summed E-state index contributed by atoms with van der Waals surface area (Å²) in [6.45, 7) is 6.54. The Morgan fingerprint density at radius 3 is 0.952 bits per heavy atom. The Balaban J connectivity index is 4.40. The van der Waals surface area contributed by atoms with Gasteiger partial charge in [-0.15, -0.1) is 0 Å². The molecule has 0 bridgehead atoms. The molecule has 1 atom stereocenters. The van der Waals surface area contributed by atoms with Crippen LogP contribution in [-0.2, 0) is 28.6 Å². The van der Waals surface area contributed by atoms with E-state index in [2.05, 4.69) is 81.5 Å². The van der Waals surface area contributed by atoms with Gasteiger partial charge in [0.1, 0.15) is 13.2 Å². The minimum Gasteiger partial charge on any atom is -0.462 e. The number of unbranched alkanes of at least 4 members (excludes halogenated alkanes) is 30. The third kappa shape index (κ3) is 50.0. The van der Waals surface area contributed by atoms with Gasteiger partial charge in [-0.05, 0) is 64.2 Å². The highest BCUT2D eigenvalue weighted by Gasteiger charge is 2.19. The molecular formula is C57H100O6. The van der Waals surface area contributed by atoms with Crippen LogP contribution in [0.4, 0.5) is 0 Å². The van der Waals surface area contributed by atoms with E-state index in [0.29, 0.717) is 19.3 Å². The summed E-state index contributed by atoms with van der Waals surface area (Å²) < 4.78 is 16.8. The average Bonchev–Trinajstić information content (AvgIpc) is 3.28. The van der Waals surface area contributed by atoms with E-state index in [4.69, 9.17) is 14.2 Å². The fourth-order valence-corrected chi connectivity index (χ4v) is 7.48. The van der Waals surface area contributed by atoms with Crippen molar-refractivity contribution in [2.75, 3.05) is 13.2 Å². The molecule has 0 amide bonds. The number of rotatable bonds is 48. The summed E-state index contributed by atoms with van der Waals surface area (Å²) in [6.07, 6.45) is 63.5. The van der Waals surface area contributed by atoms with E-state index in [1.54, 1.807) is 0 Å². The second-order valence-corrected chi connectivity index (χ2v) is 17.9. The summed E-state index contributed by atoms with van der Waals surface area (Å²) >= 11 is 0. The Kier molecular flexibility index (Phi) is 49.4. The van der Waals surface area contributed by atoms with E-state index in [1.165, 1.54) is 135 Å². The number of hydrogen-bond donors (Lipinski definition) is 0. The van der Waals surface area contributed by atoms with Crippen molar-refractivity contribution >= 4 is 17.9 Å². The molecule has 6 heteroatoms.